The normalized spacial score (nSPS) is 11.0. The summed E-state index contributed by atoms with van der Waals surface area (Å²) in [7, 11) is -3.82. The van der Waals surface area contributed by atoms with Crippen LogP contribution in [0.4, 0.5) is 5.69 Å². The van der Waals surface area contributed by atoms with Crippen LogP contribution in [0, 0.1) is 6.92 Å². The summed E-state index contributed by atoms with van der Waals surface area (Å²) in [5.41, 5.74) is 1.31. The number of sulfonamides is 1. The molecule has 0 aliphatic rings. The van der Waals surface area contributed by atoms with Gasteiger partial charge in [-0.3, -0.25) is 9.52 Å². The number of carbonyl (C=O) groups is 1. The van der Waals surface area contributed by atoms with E-state index in [0.717, 1.165) is 6.42 Å². The zero-order valence-corrected chi connectivity index (χ0v) is 16.0. The van der Waals surface area contributed by atoms with Crippen LogP contribution in [0.2, 0.25) is 0 Å². The van der Waals surface area contributed by atoms with Crippen molar-refractivity contribution in [3.63, 3.8) is 0 Å². The Labute approximate surface area is 154 Å². The van der Waals surface area contributed by atoms with Crippen molar-refractivity contribution in [3.8, 4) is 5.75 Å². The van der Waals surface area contributed by atoms with E-state index in [0.29, 0.717) is 35.7 Å². The van der Waals surface area contributed by atoms with Crippen molar-refractivity contribution in [1.82, 2.24) is 5.32 Å². The predicted octanol–water partition coefficient (Wildman–Crippen LogP) is 3.33. The molecule has 0 heterocycles. The molecule has 0 aromatic heterocycles. The molecule has 140 valence electrons. The molecule has 26 heavy (non-hydrogen) atoms. The highest BCUT2D eigenvalue weighted by Crippen LogP contribution is 2.22. The van der Waals surface area contributed by atoms with Gasteiger partial charge in [0.25, 0.3) is 15.9 Å². The van der Waals surface area contributed by atoms with Crippen LogP contribution in [-0.4, -0.2) is 27.5 Å². The van der Waals surface area contributed by atoms with Gasteiger partial charge in [-0.25, -0.2) is 8.42 Å². The average Bonchev–Trinajstić information content (AvgIpc) is 2.61. The van der Waals surface area contributed by atoms with E-state index in [1.165, 1.54) is 6.07 Å². The summed E-state index contributed by atoms with van der Waals surface area (Å²) in [6.45, 7) is 6.60. The van der Waals surface area contributed by atoms with Gasteiger partial charge in [0.2, 0.25) is 0 Å². The fourth-order valence-corrected chi connectivity index (χ4v) is 3.70. The Hall–Kier alpha value is -2.54. The van der Waals surface area contributed by atoms with Crippen molar-refractivity contribution in [2.24, 2.45) is 0 Å². The smallest absolute Gasteiger partial charge is 0.262 e. The van der Waals surface area contributed by atoms with Crippen molar-refractivity contribution >= 4 is 21.6 Å². The molecule has 0 fully saturated rings. The summed E-state index contributed by atoms with van der Waals surface area (Å²) in [5, 5.41) is 2.75. The highest BCUT2D eigenvalue weighted by atomic mass is 32.2. The van der Waals surface area contributed by atoms with Crippen molar-refractivity contribution in [3.05, 3.63) is 53.6 Å². The van der Waals surface area contributed by atoms with E-state index in [1.54, 1.807) is 43.3 Å². The molecule has 2 aromatic carbocycles. The number of nitrogens with one attached hydrogen (secondary N) is 2. The van der Waals surface area contributed by atoms with Gasteiger partial charge in [-0.05, 0) is 62.2 Å². The van der Waals surface area contributed by atoms with Gasteiger partial charge < -0.3 is 10.1 Å². The Kier molecular flexibility index (Phi) is 6.63. The van der Waals surface area contributed by atoms with Crippen LogP contribution in [0.1, 0.15) is 36.2 Å². The van der Waals surface area contributed by atoms with Crippen LogP contribution < -0.4 is 14.8 Å². The van der Waals surface area contributed by atoms with Gasteiger partial charge >= 0.3 is 0 Å². The molecule has 2 rings (SSSR count). The lowest BCUT2D eigenvalue weighted by atomic mass is 10.1. The molecule has 2 aromatic rings. The minimum absolute atomic E-state index is 0.0792. The zero-order chi connectivity index (χ0) is 19.2. The van der Waals surface area contributed by atoms with Crippen molar-refractivity contribution in [2.75, 3.05) is 17.9 Å². The van der Waals surface area contributed by atoms with Gasteiger partial charge in [0, 0.05) is 17.8 Å². The summed E-state index contributed by atoms with van der Waals surface area (Å²) < 4.78 is 33.4. The second kappa shape index (κ2) is 8.71. The molecular formula is C19H24N2O4S. The van der Waals surface area contributed by atoms with Gasteiger partial charge in [0.05, 0.1) is 11.5 Å². The van der Waals surface area contributed by atoms with Gasteiger partial charge in [-0.1, -0.05) is 13.0 Å². The van der Waals surface area contributed by atoms with E-state index in [2.05, 4.69) is 10.0 Å². The van der Waals surface area contributed by atoms with Crippen molar-refractivity contribution in [1.29, 1.82) is 0 Å². The highest BCUT2D eigenvalue weighted by Gasteiger charge is 2.19. The fourth-order valence-electron chi connectivity index (χ4n) is 2.37. The number of aryl methyl sites for hydroxylation is 1. The Balaban J connectivity index is 2.25. The molecular weight excluding hydrogens is 352 g/mol. The van der Waals surface area contributed by atoms with E-state index in [1.807, 2.05) is 13.8 Å². The Morgan fingerprint density at radius 3 is 2.38 bits per heavy atom. The number of rotatable bonds is 8. The van der Waals surface area contributed by atoms with Crippen LogP contribution in [0.3, 0.4) is 0 Å². The summed E-state index contributed by atoms with van der Waals surface area (Å²) in [6.07, 6.45) is 0.808. The maximum Gasteiger partial charge on any atom is 0.262 e. The molecule has 0 bridgehead atoms. The molecule has 0 atom stereocenters. The first-order valence-electron chi connectivity index (χ1n) is 8.52. The molecule has 0 unspecified atom stereocenters. The number of anilines is 1. The van der Waals surface area contributed by atoms with Gasteiger partial charge in [-0.2, -0.15) is 0 Å². The lowest BCUT2D eigenvalue weighted by molar-refractivity contribution is 0.0953. The second-order valence-electron chi connectivity index (χ2n) is 5.80. The molecule has 0 radical (unpaired) electrons. The first kappa shape index (κ1) is 19.8. The molecule has 2 N–H and O–H groups in total. The third-order valence-corrected chi connectivity index (χ3v) is 5.22. The van der Waals surface area contributed by atoms with Crippen LogP contribution in [0.15, 0.2) is 47.4 Å². The molecule has 0 aliphatic carbocycles. The summed E-state index contributed by atoms with van der Waals surface area (Å²) in [6, 6.07) is 11.3. The Morgan fingerprint density at radius 1 is 1.08 bits per heavy atom. The largest absolute Gasteiger partial charge is 0.494 e. The maximum atomic E-state index is 12.7. The van der Waals surface area contributed by atoms with E-state index < -0.39 is 10.0 Å². The minimum Gasteiger partial charge on any atom is -0.494 e. The van der Waals surface area contributed by atoms with Crippen LogP contribution >= 0.6 is 0 Å². The third kappa shape index (κ3) is 4.98. The summed E-state index contributed by atoms with van der Waals surface area (Å²) in [4.78, 5) is 12.2. The second-order valence-corrected chi connectivity index (χ2v) is 7.45. The van der Waals surface area contributed by atoms with E-state index in [9.17, 15) is 13.2 Å². The molecule has 7 heteroatoms. The first-order valence-corrected chi connectivity index (χ1v) is 10.00. The number of amides is 1. The molecule has 0 aliphatic heterocycles. The first-order chi connectivity index (χ1) is 12.4. The lowest BCUT2D eigenvalue weighted by Crippen LogP contribution is -2.24. The van der Waals surface area contributed by atoms with Crippen molar-refractivity contribution in [2.45, 2.75) is 32.1 Å². The highest BCUT2D eigenvalue weighted by molar-refractivity contribution is 7.92. The number of carbonyl (C=O) groups excluding carboxylic acids is 1. The van der Waals surface area contributed by atoms with Crippen LogP contribution in [-0.2, 0) is 10.0 Å². The topological polar surface area (TPSA) is 84.5 Å². The summed E-state index contributed by atoms with van der Waals surface area (Å²) >= 11 is 0. The van der Waals surface area contributed by atoms with Gasteiger partial charge in [0.15, 0.2) is 0 Å². The fraction of sp³-hybridized carbons (Fsp3) is 0.316. The molecule has 0 saturated carbocycles. The zero-order valence-electron chi connectivity index (χ0n) is 15.2. The van der Waals surface area contributed by atoms with Crippen LogP contribution in [0.25, 0.3) is 0 Å². The SMILES string of the molecule is CCCNC(=O)c1ccc(C)c(S(=O)(=O)Nc2ccc(OCC)cc2)c1. The number of ether oxygens (including phenoxy) is 1. The monoisotopic (exact) mass is 376 g/mol. The number of benzene rings is 2. The molecule has 0 spiro atoms. The van der Waals surface area contributed by atoms with E-state index in [-0.39, 0.29) is 10.8 Å². The Bertz CT molecular complexity index is 862. The summed E-state index contributed by atoms with van der Waals surface area (Å²) in [5.74, 6) is 0.380. The van der Waals surface area contributed by atoms with Gasteiger partial charge in [0.1, 0.15) is 5.75 Å². The molecule has 0 saturated heterocycles. The lowest BCUT2D eigenvalue weighted by Gasteiger charge is -2.12. The minimum atomic E-state index is -3.82. The van der Waals surface area contributed by atoms with Gasteiger partial charge in [-0.15, -0.1) is 0 Å². The van der Waals surface area contributed by atoms with Crippen molar-refractivity contribution < 1.29 is 17.9 Å². The average molecular weight is 376 g/mol. The number of hydrogen-bond donors (Lipinski definition) is 2. The van der Waals surface area contributed by atoms with Crippen LogP contribution in [0.5, 0.6) is 5.75 Å². The van der Waals surface area contributed by atoms with E-state index in [4.69, 9.17) is 4.74 Å². The number of hydrogen-bond acceptors (Lipinski definition) is 4. The standard InChI is InChI=1S/C19H24N2O4S/c1-4-12-20-19(22)15-7-6-14(3)18(13-15)26(23,24)21-16-8-10-17(11-9-16)25-5-2/h6-11,13,21H,4-5,12H2,1-3H3,(H,20,22). The Morgan fingerprint density at radius 2 is 1.77 bits per heavy atom. The third-order valence-electron chi connectivity index (χ3n) is 3.69. The maximum absolute atomic E-state index is 12.7. The molecule has 6 nitrogen and oxygen atoms in total. The molecule has 1 amide bonds. The predicted molar refractivity (Wildman–Crippen MR) is 102 cm³/mol. The van der Waals surface area contributed by atoms with E-state index >= 15 is 0 Å². The quantitative estimate of drug-likeness (QED) is 0.740.